The number of aliphatic carboxylic acids is 1. The fourth-order valence-corrected chi connectivity index (χ4v) is 1.89. The first kappa shape index (κ1) is 13.5. The van der Waals surface area contributed by atoms with Gasteiger partial charge in [-0.2, -0.15) is 0 Å². The Morgan fingerprint density at radius 2 is 2.16 bits per heavy atom. The van der Waals surface area contributed by atoms with Crippen molar-refractivity contribution in [2.24, 2.45) is 5.41 Å². The van der Waals surface area contributed by atoms with Crippen LogP contribution in [0.15, 0.2) is 18.3 Å². The zero-order chi connectivity index (χ0) is 14.0. The van der Waals surface area contributed by atoms with Crippen LogP contribution >= 0.6 is 0 Å². The maximum Gasteiger partial charge on any atom is 0.311 e. The van der Waals surface area contributed by atoms with Gasteiger partial charge in [0.15, 0.2) is 0 Å². The summed E-state index contributed by atoms with van der Waals surface area (Å²) in [6, 6.07) is 2.93. The number of nitrogens with one attached hydrogen (secondary N) is 1. The Hall–Kier alpha value is -1.92. The van der Waals surface area contributed by atoms with Gasteiger partial charge < -0.3 is 15.0 Å². The van der Waals surface area contributed by atoms with E-state index in [4.69, 9.17) is 5.11 Å². The molecule has 1 aliphatic rings. The van der Waals surface area contributed by atoms with Crippen LogP contribution in [0.4, 0.5) is 8.78 Å². The van der Waals surface area contributed by atoms with Crippen LogP contribution in [0, 0.1) is 5.41 Å². The van der Waals surface area contributed by atoms with Crippen molar-refractivity contribution >= 4 is 11.9 Å². The van der Waals surface area contributed by atoms with E-state index < -0.39 is 30.3 Å². The third-order valence-electron chi connectivity index (χ3n) is 3.29. The highest BCUT2D eigenvalue weighted by molar-refractivity contribution is 5.93. The van der Waals surface area contributed by atoms with Crippen molar-refractivity contribution < 1.29 is 23.5 Å². The molecule has 2 N–H and O–H groups in total. The lowest BCUT2D eigenvalue weighted by Gasteiger charge is -2.12. The standard InChI is InChI=1S/C12H14F2N2O3/c13-9(14)6-16-5-1-2-8(16)10(17)15-7-12(3-4-12)11(18)19/h1-2,5,9H,3-4,6-7H2,(H,15,17)(H,18,19). The number of hydrogen-bond acceptors (Lipinski definition) is 2. The number of hydrogen-bond donors (Lipinski definition) is 2. The van der Waals surface area contributed by atoms with Gasteiger partial charge in [-0.1, -0.05) is 0 Å². The molecular formula is C12H14F2N2O3. The number of halogens is 2. The minimum atomic E-state index is -2.55. The Labute approximate surface area is 108 Å². The van der Waals surface area contributed by atoms with Crippen LogP contribution in [-0.4, -0.2) is 34.5 Å². The van der Waals surface area contributed by atoms with Gasteiger partial charge in [0.05, 0.1) is 12.0 Å². The smallest absolute Gasteiger partial charge is 0.311 e. The average Bonchev–Trinajstić information content (AvgIpc) is 3.00. The van der Waals surface area contributed by atoms with Gasteiger partial charge in [0.25, 0.3) is 12.3 Å². The molecule has 19 heavy (non-hydrogen) atoms. The molecule has 0 bridgehead atoms. The quantitative estimate of drug-likeness (QED) is 0.821. The molecule has 0 saturated heterocycles. The molecule has 0 aromatic carbocycles. The van der Waals surface area contributed by atoms with E-state index in [0.717, 1.165) is 4.57 Å². The number of alkyl halides is 2. The third-order valence-corrected chi connectivity index (χ3v) is 3.29. The Bertz CT molecular complexity index is 495. The van der Waals surface area contributed by atoms with E-state index in [1.807, 2.05) is 0 Å². The molecule has 0 spiro atoms. The van der Waals surface area contributed by atoms with Crippen LogP contribution in [0.2, 0.25) is 0 Å². The molecule has 104 valence electrons. The van der Waals surface area contributed by atoms with E-state index in [9.17, 15) is 18.4 Å². The van der Waals surface area contributed by atoms with Gasteiger partial charge in [-0.15, -0.1) is 0 Å². The number of amides is 1. The Morgan fingerprint density at radius 1 is 1.47 bits per heavy atom. The van der Waals surface area contributed by atoms with Gasteiger partial charge in [0.1, 0.15) is 5.69 Å². The molecule has 1 heterocycles. The van der Waals surface area contributed by atoms with Crippen LogP contribution in [-0.2, 0) is 11.3 Å². The first-order valence-corrected chi connectivity index (χ1v) is 5.89. The molecule has 1 aliphatic carbocycles. The van der Waals surface area contributed by atoms with Crippen molar-refractivity contribution in [3.8, 4) is 0 Å². The maximum absolute atomic E-state index is 12.3. The summed E-state index contributed by atoms with van der Waals surface area (Å²) < 4.78 is 25.8. The number of nitrogens with zero attached hydrogens (tertiary/aromatic N) is 1. The zero-order valence-electron chi connectivity index (χ0n) is 10.1. The van der Waals surface area contributed by atoms with E-state index >= 15 is 0 Å². The molecule has 2 rings (SSSR count). The highest BCUT2D eigenvalue weighted by atomic mass is 19.3. The van der Waals surface area contributed by atoms with E-state index in [1.165, 1.54) is 18.3 Å². The van der Waals surface area contributed by atoms with Gasteiger partial charge in [0, 0.05) is 12.7 Å². The molecule has 1 fully saturated rings. The summed E-state index contributed by atoms with van der Waals surface area (Å²) in [7, 11) is 0. The summed E-state index contributed by atoms with van der Waals surface area (Å²) in [6.45, 7) is -0.527. The monoisotopic (exact) mass is 272 g/mol. The van der Waals surface area contributed by atoms with E-state index in [2.05, 4.69) is 5.32 Å². The molecule has 0 radical (unpaired) electrons. The number of carboxylic acid groups (broad SMARTS) is 1. The van der Waals surface area contributed by atoms with Gasteiger partial charge >= 0.3 is 5.97 Å². The van der Waals surface area contributed by atoms with Crippen molar-refractivity contribution in [2.75, 3.05) is 6.54 Å². The molecule has 7 heteroatoms. The largest absolute Gasteiger partial charge is 0.481 e. The maximum atomic E-state index is 12.3. The number of aromatic nitrogens is 1. The summed E-state index contributed by atoms with van der Waals surface area (Å²) in [5.41, 5.74) is -0.753. The second-order valence-electron chi connectivity index (χ2n) is 4.71. The first-order valence-electron chi connectivity index (χ1n) is 5.89. The lowest BCUT2D eigenvalue weighted by Crippen LogP contribution is -2.35. The molecule has 1 aromatic heterocycles. The van der Waals surface area contributed by atoms with Crippen LogP contribution in [0.3, 0.4) is 0 Å². The normalized spacial score (nSPS) is 16.4. The van der Waals surface area contributed by atoms with Gasteiger partial charge in [-0.25, -0.2) is 8.78 Å². The molecule has 0 aliphatic heterocycles. The highest BCUT2D eigenvalue weighted by Gasteiger charge is 2.50. The number of carbonyl (C=O) groups excluding carboxylic acids is 1. The lowest BCUT2D eigenvalue weighted by atomic mass is 10.1. The Morgan fingerprint density at radius 3 is 2.68 bits per heavy atom. The SMILES string of the molecule is O=C(NCC1(C(=O)O)CC1)c1cccn1CC(F)F. The second-order valence-corrected chi connectivity index (χ2v) is 4.71. The molecule has 0 atom stereocenters. The molecule has 0 unspecified atom stereocenters. The summed E-state index contributed by atoms with van der Waals surface area (Å²) in [4.78, 5) is 22.8. The zero-order valence-corrected chi connectivity index (χ0v) is 10.1. The van der Waals surface area contributed by atoms with Crippen LogP contribution in [0.5, 0.6) is 0 Å². The average molecular weight is 272 g/mol. The minimum Gasteiger partial charge on any atom is -0.481 e. The molecule has 1 amide bonds. The molecule has 1 saturated carbocycles. The predicted octanol–water partition coefficient (Wildman–Crippen LogP) is 1.35. The summed E-state index contributed by atoms with van der Waals surface area (Å²) in [5, 5.41) is 11.5. The Balaban J connectivity index is 1.97. The summed E-state index contributed by atoms with van der Waals surface area (Å²) in [6.07, 6.45) is -0.0975. The van der Waals surface area contributed by atoms with Crippen LogP contribution < -0.4 is 5.32 Å². The van der Waals surface area contributed by atoms with E-state index in [0.29, 0.717) is 12.8 Å². The van der Waals surface area contributed by atoms with Gasteiger partial charge in [0.2, 0.25) is 0 Å². The fraction of sp³-hybridized carbons (Fsp3) is 0.500. The summed E-state index contributed by atoms with van der Waals surface area (Å²) >= 11 is 0. The fourth-order valence-electron chi connectivity index (χ4n) is 1.89. The molecular weight excluding hydrogens is 258 g/mol. The third kappa shape index (κ3) is 2.91. The van der Waals surface area contributed by atoms with Crippen molar-refractivity contribution in [1.29, 1.82) is 0 Å². The van der Waals surface area contributed by atoms with Crippen LogP contribution in [0.25, 0.3) is 0 Å². The van der Waals surface area contributed by atoms with Gasteiger partial charge in [-0.05, 0) is 25.0 Å². The van der Waals surface area contributed by atoms with Crippen LogP contribution in [0.1, 0.15) is 23.3 Å². The highest BCUT2D eigenvalue weighted by Crippen LogP contribution is 2.45. The van der Waals surface area contributed by atoms with Crippen molar-refractivity contribution in [3.05, 3.63) is 24.0 Å². The first-order chi connectivity index (χ1) is 8.94. The molecule has 1 aromatic rings. The van der Waals surface area contributed by atoms with E-state index in [1.54, 1.807) is 0 Å². The number of rotatable bonds is 6. The lowest BCUT2D eigenvalue weighted by molar-refractivity contribution is -0.143. The summed E-state index contributed by atoms with van der Waals surface area (Å²) in [5.74, 6) is -1.46. The molecule has 5 nitrogen and oxygen atoms in total. The second kappa shape index (κ2) is 4.99. The van der Waals surface area contributed by atoms with Crippen molar-refractivity contribution in [1.82, 2.24) is 9.88 Å². The minimum absolute atomic E-state index is 0.0288. The number of carbonyl (C=O) groups is 2. The van der Waals surface area contributed by atoms with Crippen molar-refractivity contribution in [2.45, 2.75) is 25.8 Å². The van der Waals surface area contributed by atoms with E-state index in [-0.39, 0.29) is 12.2 Å². The topological polar surface area (TPSA) is 71.3 Å². The number of carboxylic acids is 1. The Kier molecular flexibility index (Phi) is 3.55. The van der Waals surface area contributed by atoms with Gasteiger partial charge in [-0.3, -0.25) is 9.59 Å². The van der Waals surface area contributed by atoms with Crippen molar-refractivity contribution in [3.63, 3.8) is 0 Å². The predicted molar refractivity (Wildman–Crippen MR) is 62.1 cm³/mol.